The van der Waals surface area contributed by atoms with E-state index in [-0.39, 0.29) is 11.7 Å². The van der Waals surface area contributed by atoms with Crippen molar-refractivity contribution in [1.29, 1.82) is 0 Å². The van der Waals surface area contributed by atoms with Gasteiger partial charge < -0.3 is 14.2 Å². The Balaban J connectivity index is 1.49. The molecule has 0 fully saturated rings. The highest BCUT2D eigenvalue weighted by Gasteiger charge is 2.43. The van der Waals surface area contributed by atoms with Crippen molar-refractivity contribution in [2.75, 3.05) is 13.2 Å². The Kier molecular flexibility index (Phi) is 7.16. The highest BCUT2D eigenvalue weighted by atomic mass is 16.7. The molecule has 3 atom stereocenters. The summed E-state index contributed by atoms with van der Waals surface area (Å²) in [6.45, 7) is 7.67. The van der Waals surface area contributed by atoms with Gasteiger partial charge in [-0.25, -0.2) is 0 Å². The van der Waals surface area contributed by atoms with E-state index in [2.05, 4.69) is 69.3 Å². The molecule has 3 aromatic rings. The zero-order chi connectivity index (χ0) is 22.4. The van der Waals surface area contributed by atoms with Crippen LogP contribution in [0.15, 0.2) is 78.9 Å². The smallest absolute Gasteiger partial charge is 0.209 e. The van der Waals surface area contributed by atoms with Gasteiger partial charge in [0.15, 0.2) is 0 Å². The monoisotopic (exact) mass is 430 g/mol. The molecule has 168 valence electrons. The molecule has 1 aliphatic rings. The lowest BCUT2D eigenvalue weighted by Crippen LogP contribution is -2.42. The average Bonchev–Trinajstić information content (AvgIpc) is 3.19. The van der Waals surface area contributed by atoms with E-state index in [1.807, 2.05) is 30.3 Å². The van der Waals surface area contributed by atoms with E-state index in [1.54, 1.807) is 0 Å². The molecule has 1 aliphatic carbocycles. The number of fused-ring (bicyclic) bond motifs is 1. The highest BCUT2D eigenvalue weighted by molar-refractivity contribution is 5.40. The Hall–Kier alpha value is -2.78. The fourth-order valence-electron chi connectivity index (χ4n) is 4.48. The van der Waals surface area contributed by atoms with Crippen LogP contribution in [0.25, 0.3) is 0 Å². The molecule has 3 heteroatoms. The third-order valence-electron chi connectivity index (χ3n) is 6.74. The van der Waals surface area contributed by atoms with Crippen LogP contribution >= 0.6 is 0 Å². The standard InChI is InChI=1S/C29H34O3/c1-4-22(2)23-14-16-26(17-15-23)32-28(31-21-20-30-25-11-6-5-7-12-25)29(3)19-18-24-10-8-9-13-27(24)29/h5-17,22,28H,4,18-21H2,1-3H3. The summed E-state index contributed by atoms with van der Waals surface area (Å²) in [6.07, 6.45) is 2.78. The first kappa shape index (κ1) is 22.4. The summed E-state index contributed by atoms with van der Waals surface area (Å²) in [5.41, 5.74) is 3.84. The average molecular weight is 431 g/mol. The number of rotatable bonds is 10. The minimum absolute atomic E-state index is 0.210. The van der Waals surface area contributed by atoms with Gasteiger partial charge in [-0.3, -0.25) is 0 Å². The van der Waals surface area contributed by atoms with Gasteiger partial charge in [0.2, 0.25) is 6.29 Å². The van der Waals surface area contributed by atoms with Crippen LogP contribution in [0, 0.1) is 0 Å². The van der Waals surface area contributed by atoms with Gasteiger partial charge in [0.25, 0.3) is 0 Å². The van der Waals surface area contributed by atoms with Crippen molar-refractivity contribution < 1.29 is 14.2 Å². The van der Waals surface area contributed by atoms with Crippen molar-refractivity contribution >= 4 is 0 Å². The van der Waals surface area contributed by atoms with E-state index >= 15 is 0 Å². The molecule has 0 bridgehead atoms. The van der Waals surface area contributed by atoms with Gasteiger partial charge in [0.05, 0.1) is 12.0 Å². The molecule has 3 aromatic carbocycles. The lowest BCUT2D eigenvalue weighted by atomic mass is 9.83. The molecule has 0 saturated heterocycles. The Morgan fingerprint density at radius 3 is 2.31 bits per heavy atom. The van der Waals surface area contributed by atoms with Gasteiger partial charge >= 0.3 is 0 Å². The number of hydrogen-bond acceptors (Lipinski definition) is 3. The molecule has 0 heterocycles. The first-order valence-corrected chi connectivity index (χ1v) is 11.7. The summed E-state index contributed by atoms with van der Waals surface area (Å²) >= 11 is 0. The van der Waals surface area contributed by atoms with Crippen LogP contribution in [0.4, 0.5) is 0 Å². The zero-order valence-electron chi connectivity index (χ0n) is 19.4. The molecule has 0 saturated carbocycles. The maximum absolute atomic E-state index is 6.50. The van der Waals surface area contributed by atoms with E-state index < -0.39 is 0 Å². The van der Waals surface area contributed by atoms with Crippen molar-refractivity contribution in [2.45, 2.75) is 57.7 Å². The first-order valence-electron chi connectivity index (χ1n) is 11.7. The van der Waals surface area contributed by atoms with Gasteiger partial charge in [0, 0.05) is 0 Å². The van der Waals surface area contributed by atoms with Gasteiger partial charge in [-0.1, -0.05) is 68.4 Å². The van der Waals surface area contributed by atoms with Crippen LogP contribution in [0.1, 0.15) is 56.2 Å². The fraction of sp³-hybridized carbons (Fsp3) is 0.379. The number of ether oxygens (including phenoxy) is 3. The number of para-hydroxylation sites is 1. The van der Waals surface area contributed by atoms with E-state index in [1.165, 1.54) is 16.7 Å². The lowest BCUT2D eigenvalue weighted by Gasteiger charge is -2.35. The molecule has 0 radical (unpaired) electrons. The number of aryl methyl sites for hydroxylation is 1. The maximum atomic E-state index is 6.50. The van der Waals surface area contributed by atoms with Gasteiger partial charge in [-0.2, -0.15) is 0 Å². The second kappa shape index (κ2) is 10.2. The van der Waals surface area contributed by atoms with Crippen LogP contribution in [-0.4, -0.2) is 19.5 Å². The van der Waals surface area contributed by atoms with Crippen LogP contribution < -0.4 is 9.47 Å². The molecule has 0 aromatic heterocycles. The summed E-state index contributed by atoms with van der Waals surface area (Å²) in [5.74, 6) is 2.24. The second-order valence-corrected chi connectivity index (χ2v) is 8.94. The highest BCUT2D eigenvalue weighted by Crippen LogP contribution is 2.43. The predicted molar refractivity (Wildman–Crippen MR) is 130 cm³/mol. The van der Waals surface area contributed by atoms with Crippen molar-refractivity contribution in [2.24, 2.45) is 0 Å². The molecular weight excluding hydrogens is 396 g/mol. The minimum Gasteiger partial charge on any atom is -0.491 e. The zero-order valence-corrected chi connectivity index (χ0v) is 19.4. The van der Waals surface area contributed by atoms with Crippen LogP contribution in [0.3, 0.4) is 0 Å². The maximum Gasteiger partial charge on any atom is 0.209 e. The van der Waals surface area contributed by atoms with Crippen LogP contribution in [-0.2, 0) is 16.6 Å². The summed E-state index contributed by atoms with van der Waals surface area (Å²) in [7, 11) is 0. The van der Waals surface area contributed by atoms with Gasteiger partial charge in [-0.15, -0.1) is 0 Å². The van der Waals surface area contributed by atoms with E-state index in [4.69, 9.17) is 14.2 Å². The SMILES string of the molecule is CCC(C)c1ccc(OC(OCCOc2ccccc2)C2(C)CCc3ccccc32)cc1. The Bertz CT molecular complexity index is 983. The minimum atomic E-state index is -0.389. The molecule has 0 aliphatic heterocycles. The summed E-state index contributed by atoms with van der Waals surface area (Å²) in [4.78, 5) is 0. The van der Waals surface area contributed by atoms with E-state index in [9.17, 15) is 0 Å². The second-order valence-electron chi connectivity index (χ2n) is 8.94. The molecule has 0 N–H and O–H groups in total. The topological polar surface area (TPSA) is 27.7 Å². The normalized spacial score (nSPS) is 19.2. The molecule has 0 spiro atoms. The predicted octanol–water partition coefficient (Wildman–Crippen LogP) is 6.90. The third-order valence-corrected chi connectivity index (χ3v) is 6.74. The van der Waals surface area contributed by atoms with Gasteiger partial charge in [0.1, 0.15) is 18.1 Å². The Morgan fingerprint density at radius 1 is 0.844 bits per heavy atom. The lowest BCUT2D eigenvalue weighted by molar-refractivity contribution is -0.129. The van der Waals surface area contributed by atoms with Crippen molar-refractivity contribution in [3.05, 3.63) is 95.6 Å². The van der Waals surface area contributed by atoms with E-state index in [0.29, 0.717) is 19.1 Å². The Morgan fingerprint density at radius 2 is 1.56 bits per heavy atom. The van der Waals surface area contributed by atoms with E-state index in [0.717, 1.165) is 30.8 Å². The molecule has 4 rings (SSSR count). The fourth-order valence-corrected chi connectivity index (χ4v) is 4.48. The van der Waals surface area contributed by atoms with Crippen LogP contribution in [0.2, 0.25) is 0 Å². The largest absolute Gasteiger partial charge is 0.491 e. The van der Waals surface area contributed by atoms with Gasteiger partial charge in [-0.05, 0) is 73.1 Å². The van der Waals surface area contributed by atoms with Crippen molar-refractivity contribution in [3.63, 3.8) is 0 Å². The van der Waals surface area contributed by atoms with Crippen molar-refractivity contribution in [1.82, 2.24) is 0 Å². The first-order chi connectivity index (χ1) is 15.6. The molecule has 3 nitrogen and oxygen atoms in total. The number of hydrogen-bond donors (Lipinski definition) is 0. The van der Waals surface area contributed by atoms with Crippen LogP contribution in [0.5, 0.6) is 11.5 Å². The summed E-state index contributed by atoms with van der Waals surface area (Å²) in [5, 5.41) is 0. The Labute approximate surface area is 192 Å². The summed E-state index contributed by atoms with van der Waals surface area (Å²) in [6, 6.07) is 27.0. The molecular formula is C29H34O3. The summed E-state index contributed by atoms with van der Waals surface area (Å²) < 4.78 is 18.7. The molecule has 0 amide bonds. The third kappa shape index (κ3) is 4.99. The van der Waals surface area contributed by atoms with Crippen molar-refractivity contribution in [3.8, 4) is 11.5 Å². The molecule has 32 heavy (non-hydrogen) atoms. The quantitative estimate of drug-likeness (QED) is 0.258. The molecule has 3 unspecified atom stereocenters. The number of benzene rings is 3.